The van der Waals surface area contributed by atoms with E-state index in [9.17, 15) is 4.79 Å². The van der Waals surface area contributed by atoms with E-state index in [4.69, 9.17) is 20.3 Å². The highest BCUT2D eigenvalue weighted by Crippen LogP contribution is 2.31. The molecule has 0 saturated heterocycles. The molecular formula is C15H22N2O4. The molecule has 116 valence electrons. The largest absolute Gasteiger partial charge is 0.493 e. The van der Waals surface area contributed by atoms with Crippen LogP contribution in [0.2, 0.25) is 0 Å². The Morgan fingerprint density at radius 1 is 1.43 bits per heavy atom. The smallest absolute Gasteiger partial charge is 0.229 e. The molecule has 2 unspecified atom stereocenters. The fraction of sp³-hybridized carbons (Fsp3) is 0.533. The summed E-state index contributed by atoms with van der Waals surface area (Å²) in [7, 11) is 1.54. The number of carbonyl (C=O) groups excluding carboxylic acids is 1. The van der Waals surface area contributed by atoms with E-state index in [1.165, 1.54) is 7.11 Å². The minimum absolute atomic E-state index is 0.0572. The summed E-state index contributed by atoms with van der Waals surface area (Å²) >= 11 is 0. The molecule has 1 aromatic carbocycles. The molecule has 0 aliphatic heterocycles. The van der Waals surface area contributed by atoms with Crippen LogP contribution in [0.15, 0.2) is 18.2 Å². The van der Waals surface area contributed by atoms with Crippen molar-refractivity contribution >= 4 is 11.6 Å². The lowest BCUT2D eigenvalue weighted by Gasteiger charge is -2.16. The maximum atomic E-state index is 12.2. The van der Waals surface area contributed by atoms with Gasteiger partial charge >= 0.3 is 0 Å². The Balaban J connectivity index is 2.07. The van der Waals surface area contributed by atoms with Crippen LogP contribution in [0, 0.1) is 5.92 Å². The monoisotopic (exact) mass is 294 g/mol. The Kier molecular flexibility index (Phi) is 5.41. The number of anilines is 1. The first-order valence-electron chi connectivity index (χ1n) is 7.14. The van der Waals surface area contributed by atoms with Crippen LogP contribution in [0.1, 0.15) is 19.3 Å². The zero-order valence-electron chi connectivity index (χ0n) is 12.2. The van der Waals surface area contributed by atoms with E-state index in [0.29, 0.717) is 17.2 Å². The Hall–Kier alpha value is -1.79. The molecule has 1 aliphatic rings. The number of methoxy groups -OCH3 is 1. The molecule has 0 aromatic heterocycles. The first-order valence-corrected chi connectivity index (χ1v) is 7.14. The predicted octanol–water partition coefficient (Wildman–Crippen LogP) is 1.13. The lowest BCUT2D eigenvalue weighted by Crippen LogP contribution is -2.34. The second kappa shape index (κ2) is 7.28. The zero-order valence-corrected chi connectivity index (χ0v) is 12.2. The third-order valence-electron chi connectivity index (χ3n) is 3.69. The van der Waals surface area contributed by atoms with Crippen molar-refractivity contribution in [2.45, 2.75) is 25.3 Å². The molecule has 0 heterocycles. The van der Waals surface area contributed by atoms with Crippen molar-refractivity contribution in [2.75, 3.05) is 25.6 Å². The van der Waals surface area contributed by atoms with Crippen LogP contribution in [0.25, 0.3) is 0 Å². The van der Waals surface area contributed by atoms with Gasteiger partial charge in [0.2, 0.25) is 5.91 Å². The van der Waals surface area contributed by atoms with Gasteiger partial charge in [-0.1, -0.05) is 6.42 Å². The van der Waals surface area contributed by atoms with Gasteiger partial charge in [0, 0.05) is 17.8 Å². The van der Waals surface area contributed by atoms with Gasteiger partial charge in [0.15, 0.2) is 11.5 Å². The summed E-state index contributed by atoms with van der Waals surface area (Å²) in [5.74, 6) is 0.853. The van der Waals surface area contributed by atoms with Crippen LogP contribution in [0.3, 0.4) is 0 Å². The number of rotatable bonds is 6. The highest BCUT2D eigenvalue weighted by Gasteiger charge is 2.30. The lowest BCUT2D eigenvalue weighted by molar-refractivity contribution is -0.120. The molecule has 1 amide bonds. The standard InChI is InChI=1S/C15H22N2O4/c1-20-13-6-5-10(9-14(13)21-8-7-18)17-15(19)11-3-2-4-12(11)16/h5-6,9,11-12,18H,2-4,7-8,16H2,1H3,(H,17,19). The Morgan fingerprint density at radius 2 is 2.24 bits per heavy atom. The molecule has 0 bridgehead atoms. The van der Waals surface area contributed by atoms with Gasteiger partial charge in [-0.05, 0) is 25.0 Å². The van der Waals surface area contributed by atoms with Crippen molar-refractivity contribution in [3.8, 4) is 11.5 Å². The van der Waals surface area contributed by atoms with E-state index in [-0.39, 0.29) is 31.1 Å². The molecule has 0 radical (unpaired) electrons. The molecule has 2 atom stereocenters. The van der Waals surface area contributed by atoms with Gasteiger partial charge in [-0.3, -0.25) is 4.79 Å². The average Bonchev–Trinajstić information content (AvgIpc) is 2.91. The number of hydrogen-bond acceptors (Lipinski definition) is 5. The number of ether oxygens (including phenoxy) is 2. The van der Waals surface area contributed by atoms with E-state index in [2.05, 4.69) is 5.32 Å². The van der Waals surface area contributed by atoms with Crippen LogP contribution in [0.5, 0.6) is 11.5 Å². The quantitative estimate of drug-likeness (QED) is 0.731. The first-order chi connectivity index (χ1) is 10.2. The summed E-state index contributed by atoms with van der Waals surface area (Å²) < 4.78 is 10.6. The molecule has 1 fully saturated rings. The average molecular weight is 294 g/mol. The first kappa shape index (κ1) is 15.6. The molecular weight excluding hydrogens is 272 g/mol. The minimum Gasteiger partial charge on any atom is -0.493 e. The number of amides is 1. The van der Waals surface area contributed by atoms with Crippen molar-refractivity contribution in [3.63, 3.8) is 0 Å². The Labute approximate surface area is 124 Å². The lowest BCUT2D eigenvalue weighted by atomic mass is 10.0. The minimum atomic E-state index is -0.131. The van der Waals surface area contributed by atoms with E-state index < -0.39 is 0 Å². The van der Waals surface area contributed by atoms with E-state index in [1.54, 1.807) is 18.2 Å². The van der Waals surface area contributed by atoms with Gasteiger partial charge in [-0.15, -0.1) is 0 Å². The second-order valence-corrected chi connectivity index (χ2v) is 5.13. The molecule has 1 aliphatic carbocycles. The van der Waals surface area contributed by atoms with Crippen molar-refractivity contribution in [3.05, 3.63) is 18.2 Å². The van der Waals surface area contributed by atoms with Crippen LogP contribution >= 0.6 is 0 Å². The molecule has 6 nitrogen and oxygen atoms in total. The van der Waals surface area contributed by atoms with Gasteiger partial charge in [0.25, 0.3) is 0 Å². The number of benzene rings is 1. The van der Waals surface area contributed by atoms with Gasteiger partial charge in [0.05, 0.1) is 19.6 Å². The van der Waals surface area contributed by atoms with Gasteiger partial charge in [-0.25, -0.2) is 0 Å². The Bertz CT molecular complexity index is 493. The van der Waals surface area contributed by atoms with Gasteiger partial charge in [0.1, 0.15) is 6.61 Å². The Morgan fingerprint density at radius 3 is 2.86 bits per heavy atom. The van der Waals surface area contributed by atoms with E-state index in [0.717, 1.165) is 19.3 Å². The third kappa shape index (κ3) is 3.86. The van der Waals surface area contributed by atoms with E-state index in [1.807, 2.05) is 0 Å². The normalized spacial score (nSPS) is 21.1. The highest BCUT2D eigenvalue weighted by molar-refractivity contribution is 5.93. The maximum Gasteiger partial charge on any atom is 0.229 e. The second-order valence-electron chi connectivity index (χ2n) is 5.13. The summed E-state index contributed by atoms with van der Waals surface area (Å²) in [4.78, 5) is 12.2. The van der Waals surface area contributed by atoms with Crippen molar-refractivity contribution in [1.82, 2.24) is 0 Å². The van der Waals surface area contributed by atoms with Crippen LogP contribution in [0.4, 0.5) is 5.69 Å². The fourth-order valence-electron chi connectivity index (χ4n) is 2.57. The van der Waals surface area contributed by atoms with Crippen molar-refractivity contribution < 1.29 is 19.4 Å². The summed E-state index contributed by atoms with van der Waals surface area (Å²) in [5, 5.41) is 11.7. The van der Waals surface area contributed by atoms with Gasteiger partial charge < -0.3 is 25.6 Å². The summed E-state index contributed by atoms with van der Waals surface area (Å²) in [6.07, 6.45) is 2.72. The fourth-order valence-corrected chi connectivity index (χ4v) is 2.57. The third-order valence-corrected chi connectivity index (χ3v) is 3.69. The summed E-state index contributed by atoms with van der Waals surface area (Å²) in [6.45, 7) is 0.0813. The molecule has 1 saturated carbocycles. The number of aliphatic hydroxyl groups is 1. The van der Waals surface area contributed by atoms with Crippen molar-refractivity contribution in [1.29, 1.82) is 0 Å². The molecule has 0 spiro atoms. The number of carbonyl (C=O) groups is 1. The molecule has 4 N–H and O–H groups in total. The number of hydrogen-bond donors (Lipinski definition) is 3. The van der Waals surface area contributed by atoms with Crippen LogP contribution < -0.4 is 20.5 Å². The SMILES string of the molecule is COc1ccc(NC(=O)C2CCCC2N)cc1OCCO. The highest BCUT2D eigenvalue weighted by atomic mass is 16.5. The number of nitrogens with one attached hydrogen (secondary N) is 1. The zero-order chi connectivity index (χ0) is 15.2. The van der Waals surface area contributed by atoms with Crippen molar-refractivity contribution in [2.24, 2.45) is 11.7 Å². The number of aliphatic hydroxyl groups excluding tert-OH is 1. The van der Waals surface area contributed by atoms with E-state index >= 15 is 0 Å². The summed E-state index contributed by atoms with van der Waals surface area (Å²) in [5.41, 5.74) is 6.57. The van der Waals surface area contributed by atoms with Crippen LogP contribution in [-0.2, 0) is 4.79 Å². The topological polar surface area (TPSA) is 93.8 Å². The number of nitrogens with two attached hydrogens (primary N) is 1. The molecule has 6 heteroatoms. The molecule has 21 heavy (non-hydrogen) atoms. The molecule has 1 aromatic rings. The predicted molar refractivity (Wildman–Crippen MR) is 79.5 cm³/mol. The molecule has 2 rings (SSSR count). The van der Waals surface area contributed by atoms with Gasteiger partial charge in [-0.2, -0.15) is 0 Å². The van der Waals surface area contributed by atoms with Crippen LogP contribution in [-0.4, -0.2) is 37.4 Å². The summed E-state index contributed by atoms with van der Waals surface area (Å²) in [6, 6.07) is 5.10. The maximum absolute atomic E-state index is 12.2.